The van der Waals surface area contributed by atoms with E-state index in [2.05, 4.69) is 25.0 Å². The van der Waals surface area contributed by atoms with Crippen LogP contribution >= 0.6 is 24.8 Å². The fourth-order valence-electron chi connectivity index (χ4n) is 3.02. The average Bonchev–Trinajstić information content (AvgIpc) is 2.83. The minimum absolute atomic E-state index is 0. The first-order chi connectivity index (χ1) is 9.49. The summed E-state index contributed by atoms with van der Waals surface area (Å²) in [6.07, 6.45) is 4.60. The van der Waals surface area contributed by atoms with Crippen LogP contribution in [0, 0.1) is 5.92 Å². The van der Waals surface area contributed by atoms with Crippen molar-refractivity contribution in [3.8, 4) is 0 Å². The zero-order valence-corrected chi connectivity index (χ0v) is 15.2. The summed E-state index contributed by atoms with van der Waals surface area (Å²) in [6.45, 7) is 5.81. The Morgan fingerprint density at radius 3 is 2.41 bits per heavy atom. The molecule has 1 aliphatic heterocycles. The number of nitrogens with two attached hydrogens (primary N) is 1. The van der Waals surface area contributed by atoms with Gasteiger partial charge in [-0.2, -0.15) is 5.10 Å². The molecule has 1 atom stereocenters. The van der Waals surface area contributed by atoms with E-state index >= 15 is 0 Å². The molecule has 0 radical (unpaired) electrons. The molecule has 1 saturated heterocycles. The lowest BCUT2D eigenvalue weighted by atomic mass is 9.92. The third-order valence-corrected chi connectivity index (χ3v) is 4.13. The van der Waals surface area contributed by atoms with E-state index in [-0.39, 0.29) is 36.8 Å². The Balaban J connectivity index is 0.00000220. The number of hydrogen-bond acceptors (Lipinski definition) is 3. The molecule has 0 spiro atoms. The molecule has 0 saturated carbocycles. The molecular weight excluding hydrogens is 323 g/mol. The molecule has 5 nitrogen and oxygen atoms in total. The highest BCUT2D eigenvalue weighted by molar-refractivity contribution is 5.85. The monoisotopic (exact) mass is 350 g/mol. The first kappa shape index (κ1) is 21.2. The molecule has 2 N–H and O–H groups in total. The zero-order valence-electron chi connectivity index (χ0n) is 13.6. The van der Waals surface area contributed by atoms with Crippen LogP contribution in [0.5, 0.6) is 0 Å². The highest BCUT2D eigenvalue weighted by atomic mass is 35.5. The number of aryl methyl sites for hydroxylation is 1. The van der Waals surface area contributed by atoms with Gasteiger partial charge in [-0.25, -0.2) is 0 Å². The predicted octanol–water partition coefficient (Wildman–Crippen LogP) is 2.34. The van der Waals surface area contributed by atoms with Crippen molar-refractivity contribution in [2.24, 2.45) is 18.7 Å². The maximum atomic E-state index is 12.3. The summed E-state index contributed by atoms with van der Waals surface area (Å²) in [6, 6.07) is 1.73. The largest absolute Gasteiger partial charge is 0.341 e. The maximum absolute atomic E-state index is 12.3. The molecule has 2 heterocycles. The van der Waals surface area contributed by atoms with Crippen LogP contribution in [0.25, 0.3) is 0 Å². The van der Waals surface area contributed by atoms with Crippen molar-refractivity contribution < 1.29 is 4.79 Å². The van der Waals surface area contributed by atoms with E-state index in [1.165, 1.54) is 5.69 Å². The molecule has 0 aliphatic carbocycles. The summed E-state index contributed by atoms with van der Waals surface area (Å²) in [4.78, 5) is 14.2. The molecular formula is C15H28Cl2N4O. The number of halogens is 2. The summed E-state index contributed by atoms with van der Waals surface area (Å²) in [5, 5.41) is 4.22. The molecule has 1 aromatic heterocycles. The summed E-state index contributed by atoms with van der Waals surface area (Å²) in [5.74, 6) is 1.08. The van der Waals surface area contributed by atoms with Crippen molar-refractivity contribution in [2.45, 2.75) is 45.1 Å². The van der Waals surface area contributed by atoms with Gasteiger partial charge >= 0.3 is 0 Å². The molecule has 7 heteroatoms. The Bertz CT molecular complexity index is 456. The summed E-state index contributed by atoms with van der Waals surface area (Å²) in [7, 11) is 1.98. The third kappa shape index (κ3) is 5.14. The number of amides is 1. The Hall–Kier alpha value is -0.780. The van der Waals surface area contributed by atoms with Crippen molar-refractivity contribution in [2.75, 3.05) is 13.1 Å². The normalized spacial score (nSPS) is 16.9. The van der Waals surface area contributed by atoms with Gasteiger partial charge in [-0.3, -0.25) is 9.48 Å². The van der Waals surface area contributed by atoms with Crippen LogP contribution in [-0.4, -0.2) is 39.7 Å². The molecule has 128 valence electrons. The van der Waals surface area contributed by atoms with Crippen molar-refractivity contribution in [3.63, 3.8) is 0 Å². The van der Waals surface area contributed by atoms with Crippen LogP contribution in [0.15, 0.2) is 12.3 Å². The van der Waals surface area contributed by atoms with Crippen LogP contribution in [0.3, 0.4) is 0 Å². The number of carbonyl (C=O) groups excluding carboxylic acids is 1. The lowest BCUT2D eigenvalue weighted by Gasteiger charge is -2.33. The van der Waals surface area contributed by atoms with E-state index in [1.54, 1.807) is 0 Å². The Morgan fingerprint density at radius 2 is 1.95 bits per heavy atom. The number of likely N-dealkylation sites (tertiary alicyclic amines) is 1. The van der Waals surface area contributed by atoms with Gasteiger partial charge in [-0.1, -0.05) is 13.8 Å². The zero-order chi connectivity index (χ0) is 14.7. The van der Waals surface area contributed by atoms with E-state index in [0.717, 1.165) is 32.4 Å². The van der Waals surface area contributed by atoms with Gasteiger partial charge in [0, 0.05) is 37.9 Å². The lowest BCUT2D eigenvalue weighted by molar-refractivity contribution is -0.134. The van der Waals surface area contributed by atoms with Gasteiger partial charge in [-0.05, 0) is 31.2 Å². The second-order valence-electron chi connectivity index (χ2n) is 6.22. The van der Waals surface area contributed by atoms with Crippen molar-refractivity contribution >= 4 is 30.7 Å². The minimum Gasteiger partial charge on any atom is -0.341 e. The Labute approximate surface area is 145 Å². The van der Waals surface area contributed by atoms with Crippen LogP contribution in [-0.2, 0) is 11.8 Å². The van der Waals surface area contributed by atoms with E-state index in [1.807, 2.05) is 22.8 Å². The minimum atomic E-state index is -0.344. The number of rotatable bonds is 4. The van der Waals surface area contributed by atoms with Gasteiger partial charge in [0.05, 0.1) is 6.04 Å². The summed E-state index contributed by atoms with van der Waals surface area (Å²) >= 11 is 0. The summed E-state index contributed by atoms with van der Waals surface area (Å²) < 4.78 is 1.94. The van der Waals surface area contributed by atoms with Crippen molar-refractivity contribution in [1.82, 2.24) is 14.7 Å². The predicted molar refractivity (Wildman–Crippen MR) is 93.7 cm³/mol. The molecule has 2 rings (SSSR count). The summed E-state index contributed by atoms with van der Waals surface area (Å²) in [5.41, 5.74) is 7.26. The van der Waals surface area contributed by atoms with E-state index in [9.17, 15) is 4.79 Å². The number of aromatic nitrogens is 2. The van der Waals surface area contributed by atoms with Crippen LogP contribution in [0.4, 0.5) is 0 Å². The van der Waals surface area contributed by atoms with E-state index < -0.39 is 0 Å². The molecule has 0 unspecified atom stereocenters. The van der Waals surface area contributed by atoms with E-state index in [0.29, 0.717) is 11.8 Å². The third-order valence-electron chi connectivity index (χ3n) is 4.13. The fraction of sp³-hybridized carbons (Fsp3) is 0.733. The number of nitrogens with zero attached hydrogens (tertiary/aromatic N) is 3. The first-order valence-corrected chi connectivity index (χ1v) is 7.51. The van der Waals surface area contributed by atoms with Gasteiger partial charge in [0.1, 0.15) is 0 Å². The maximum Gasteiger partial charge on any atom is 0.239 e. The molecule has 22 heavy (non-hydrogen) atoms. The average molecular weight is 351 g/mol. The van der Waals surface area contributed by atoms with Gasteiger partial charge in [0.15, 0.2) is 0 Å². The molecule has 1 aromatic rings. The quantitative estimate of drug-likeness (QED) is 0.906. The molecule has 0 aromatic carbocycles. The number of piperidine rings is 1. The SMILES string of the molecule is CC(C)C[C@H](N)C(=O)N1CCC(c2ccnn2C)CC1.Cl.Cl. The number of carbonyl (C=O) groups is 1. The first-order valence-electron chi connectivity index (χ1n) is 7.51. The standard InChI is InChI=1S/C15H26N4O.2ClH/c1-11(2)10-13(16)15(20)19-8-5-12(6-9-19)14-4-7-17-18(14)3;;/h4,7,11-13H,5-6,8-10,16H2,1-3H3;2*1H/t13-;;/m0../s1. The van der Waals surface area contributed by atoms with Gasteiger partial charge in [-0.15, -0.1) is 24.8 Å². The Kier molecular flexibility index (Phi) is 9.05. The molecule has 0 bridgehead atoms. The van der Waals surface area contributed by atoms with Gasteiger partial charge in [0.25, 0.3) is 0 Å². The molecule has 1 amide bonds. The second-order valence-corrected chi connectivity index (χ2v) is 6.22. The van der Waals surface area contributed by atoms with Crippen molar-refractivity contribution in [1.29, 1.82) is 0 Å². The van der Waals surface area contributed by atoms with E-state index in [4.69, 9.17) is 5.73 Å². The topological polar surface area (TPSA) is 64.2 Å². The fourth-order valence-corrected chi connectivity index (χ4v) is 3.02. The highest BCUT2D eigenvalue weighted by Crippen LogP contribution is 2.27. The smallest absolute Gasteiger partial charge is 0.239 e. The van der Waals surface area contributed by atoms with Gasteiger partial charge < -0.3 is 10.6 Å². The molecule has 1 fully saturated rings. The second kappa shape index (κ2) is 9.38. The molecule has 1 aliphatic rings. The van der Waals surface area contributed by atoms with Gasteiger partial charge in [0.2, 0.25) is 5.91 Å². The van der Waals surface area contributed by atoms with Crippen molar-refractivity contribution in [3.05, 3.63) is 18.0 Å². The van der Waals surface area contributed by atoms with Crippen LogP contribution in [0.1, 0.15) is 44.7 Å². The van der Waals surface area contributed by atoms with Crippen LogP contribution in [0.2, 0.25) is 0 Å². The van der Waals surface area contributed by atoms with Crippen LogP contribution < -0.4 is 5.73 Å². The number of hydrogen-bond donors (Lipinski definition) is 1. The lowest BCUT2D eigenvalue weighted by Crippen LogP contribution is -2.47. The highest BCUT2D eigenvalue weighted by Gasteiger charge is 2.28. The Morgan fingerprint density at radius 1 is 1.36 bits per heavy atom.